The lowest BCUT2D eigenvalue weighted by atomic mass is 10.3. The first-order chi connectivity index (χ1) is 7.34. The molecule has 2 rings (SSSR count). The zero-order chi connectivity index (χ0) is 10.5. The van der Waals surface area contributed by atoms with Crippen molar-refractivity contribution in [2.24, 2.45) is 4.99 Å². The molecule has 0 bridgehead atoms. The first kappa shape index (κ1) is 9.65. The molecule has 1 N–H and O–H groups in total. The Balaban J connectivity index is 2.11. The van der Waals surface area contributed by atoms with Gasteiger partial charge in [0.15, 0.2) is 0 Å². The number of aliphatic imine (C=N–C) groups is 1. The van der Waals surface area contributed by atoms with Crippen LogP contribution >= 0.6 is 0 Å². The molecule has 1 aromatic carbocycles. The van der Waals surface area contributed by atoms with Crippen LogP contribution in [0.2, 0.25) is 0 Å². The van der Waals surface area contributed by atoms with Crippen LogP contribution < -0.4 is 5.32 Å². The van der Waals surface area contributed by atoms with E-state index in [4.69, 9.17) is 0 Å². The molecule has 1 heterocycles. The van der Waals surface area contributed by atoms with Crippen LogP contribution in [0.15, 0.2) is 59.5 Å². The third-order valence-corrected chi connectivity index (χ3v) is 1.99. The highest BCUT2D eigenvalue weighted by Gasteiger charge is 2.00. The van der Waals surface area contributed by atoms with Gasteiger partial charge in [-0.05, 0) is 18.2 Å². The van der Waals surface area contributed by atoms with Crippen LogP contribution in [-0.4, -0.2) is 5.84 Å². The largest absolute Gasteiger partial charge is 0.344 e. The average molecular weight is 202 g/mol. The fraction of sp³-hybridized carbons (Fsp3) is 0.0833. The molecule has 0 aromatic heterocycles. The summed E-state index contributed by atoms with van der Waals surface area (Å²) in [5.74, 6) is 0.421. The fourth-order valence-electron chi connectivity index (χ4n) is 1.29. The lowest BCUT2D eigenvalue weighted by molar-refractivity contribution is 0.664. The molecule has 2 nitrogen and oxygen atoms in total. The highest BCUT2D eigenvalue weighted by Crippen LogP contribution is 2.10. The van der Waals surface area contributed by atoms with Gasteiger partial charge in [0, 0.05) is 12.1 Å². The lowest BCUT2D eigenvalue weighted by Gasteiger charge is -2.05. The summed E-state index contributed by atoms with van der Waals surface area (Å²) in [4.78, 5) is 4.01. The summed E-state index contributed by atoms with van der Waals surface area (Å²) in [6.45, 7) is 0. The van der Waals surface area contributed by atoms with Gasteiger partial charge in [0.05, 0.1) is 6.20 Å². The summed E-state index contributed by atoms with van der Waals surface area (Å²) in [7, 11) is 0. The van der Waals surface area contributed by atoms with E-state index in [1.165, 1.54) is 12.3 Å². The number of benzene rings is 1. The van der Waals surface area contributed by atoms with Gasteiger partial charge in [-0.25, -0.2) is 9.38 Å². The molecular formula is C12H11FN2. The highest BCUT2D eigenvalue weighted by atomic mass is 19.1. The van der Waals surface area contributed by atoms with E-state index in [0.29, 0.717) is 6.42 Å². The molecule has 1 aliphatic rings. The van der Waals surface area contributed by atoms with Crippen LogP contribution in [0.4, 0.5) is 10.1 Å². The maximum absolute atomic E-state index is 12.8. The molecule has 0 saturated carbocycles. The summed E-state index contributed by atoms with van der Waals surface area (Å²) in [6.07, 6.45) is 4.99. The number of hydrogen-bond acceptors (Lipinski definition) is 2. The van der Waals surface area contributed by atoms with Gasteiger partial charge in [0.25, 0.3) is 0 Å². The highest BCUT2D eigenvalue weighted by molar-refractivity contribution is 5.96. The number of nitrogens with one attached hydrogen (secondary N) is 1. The predicted octanol–water partition coefficient (Wildman–Crippen LogP) is 3.27. The zero-order valence-electron chi connectivity index (χ0n) is 8.15. The van der Waals surface area contributed by atoms with Gasteiger partial charge in [-0.3, -0.25) is 0 Å². The van der Waals surface area contributed by atoms with Crippen LogP contribution in [0.25, 0.3) is 0 Å². The lowest BCUT2D eigenvalue weighted by Crippen LogP contribution is -2.09. The second-order valence-corrected chi connectivity index (χ2v) is 3.19. The van der Waals surface area contributed by atoms with Crippen molar-refractivity contribution in [2.75, 3.05) is 5.32 Å². The predicted molar refractivity (Wildman–Crippen MR) is 60.4 cm³/mol. The molecular weight excluding hydrogens is 191 g/mol. The third kappa shape index (κ3) is 2.77. The number of halogens is 1. The van der Waals surface area contributed by atoms with E-state index in [0.717, 1.165) is 11.5 Å². The topological polar surface area (TPSA) is 24.4 Å². The normalized spacial score (nSPS) is 15.3. The molecule has 15 heavy (non-hydrogen) atoms. The zero-order valence-corrected chi connectivity index (χ0v) is 8.15. The summed E-state index contributed by atoms with van der Waals surface area (Å²) in [6, 6.07) is 9.70. The van der Waals surface area contributed by atoms with E-state index >= 15 is 0 Å². The van der Waals surface area contributed by atoms with Gasteiger partial charge in [-0.15, -0.1) is 0 Å². The first-order valence-corrected chi connectivity index (χ1v) is 4.75. The van der Waals surface area contributed by atoms with E-state index in [-0.39, 0.29) is 5.83 Å². The molecule has 76 valence electrons. The van der Waals surface area contributed by atoms with E-state index in [1.807, 2.05) is 30.3 Å². The smallest absolute Gasteiger partial charge is 0.141 e. The fourth-order valence-corrected chi connectivity index (χ4v) is 1.29. The van der Waals surface area contributed by atoms with Gasteiger partial charge < -0.3 is 5.32 Å². The summed E-state index contributed by atoms with van der Waals surface area (Å²) < 4.78 is 12.8. The van der Waals surface area contributed by atoms with E-state index in [1.54, 1.807) is 6.08 Å². The molecule has 1 aliphatic heterocycles. The van der Waals surface area contributed by atoms with Gasteiger partial charge in [0.1, 0.15) is 11.7 Å². The van der Waals surface area contributed by atoms with Crippen LogP contribution in [0.3, 0.4) is 0 Å². The SMILES string of the molecule is FC1=CN=C(Nc2ccccc2)CC=C1. The number of nitrogens with zero attached hydrogens (tertiary/aromatic N) is 1. The molecule has 0 amide bonds. The maximum Gasteiger partial charge on any atom is 0.141 e. The summed E-state index contributed by atoms with van der Waals surface area (Å²) in [5.41, 5.74) is 0.959. The molecule has 0 saturated heterocycles. The summed E-state index contributed by atoms with van der Waals surface area (Å²) >= 11 is 0. The number of anilines is 1. The molecule has 1 aromatic rings. The quantitative estimate of drug-likeness (QED) is 0.742. The summed E-state index contributed by atoms with van der Waals surface area (Å²) in [5, 5.41) is 3.13. The van der Waals surface area contributed by atoms with Crippen molar-refractivity contribution in [3.8, 4) is 0 Å². The number of hydrogen-bond donors (Lipinski definition) is 1. The monoisotopic (exact) mass is 202 g/mol. The van der Waals surface area contributed by atoms with E-state index < -0.39 is 0 Å². The van der Waals surface area contributed by atoms with Crippen LogP contribution in [-0.2, 0) is 0 Å². The number of rotatable bonds is 1. The Morgan fingerprint density at radius 1 is 1.20 bits per heavy atom. The van der Waals surface area contributed by atoms with Gasteiger partial charge >= 0.3 is 0 Å². The minimum absolute atomic E-state index is 0.320. The van der Waals surface area contributed by atoms with Crippen molar-refractivity contribution in [1.29, 1.82) is 0 Å². The minimum Gasteiger partial charge on any atom is -0.344 e. The van der Waals surface area contributed by atoms with Gasteiger partial charge in [-0.1, -0.05) is 24.3 Å². The van der Waals surface area contributed by atoms with Crippen molar-refractivity contribution in [1.82, 2.24) is 0 Å². The Morgan fingerprint density at radius 2 is 2.00 bits per heavy atom. The Bertz CT molecular complexity index is 419. The van der Waals surface area contributed by atoms with Crippen molar-refractivity contribution in [3.05, 3.63) is 54.5 Å². The Morgan fingerprint density at radius 3 is 2.80 bits per heavy atom. The molecule has 0 unspecified atom stereocenters. The number of amidine groups is 1. The minimum atomic E-state index is -0.320. The van der Waals surface area contributed by atoms with E-state index in [9.17, 15) is 4.39 Å². The van der Waals surface area contributed by atoms with E-state index in [2.05, 4.69) is 10.3 Å². The average Bonchev–Trinajstić information content (AvgIpc) is 2.46. The second kappa shape index (κ2) is 4.55. The number of allylic oxidation sites excluding steroid dienone is 2. The maximum atomic E-state index is 12.8. The van der Waals surface area contributed by atoms with Crippen LogP contribution in [0, 0.1) is 0 Å². The molecule has 3 heteroatoms. The molecule has 0 spiro atoms. The van der Waals surface area contributed by atoms with Crippen LogP contribution in [0.5, 0.6) is 0 Å². The molecule has 0 radical (unpaired) electrons. The van der Waals surface area contributed by atoms with Gasteiger partial charge in [-0.2, -0.15) is 0 Å². The van der Waals surface area contributed by atoms with Crippen molar-refractivity contribution in [3.63, 3.8) is 0 Å². The first-order valence-electron chi connectivity index (χ1n) is 4.75. The molecule has 0 fully saturated rings. The Labute approximate surface area is 87.8 Å². The van der Waals surface area contributed by atoms with Gasteiger partial charge in [0.2, 0.25) is 0 Å². The Hall–Kier alpha value is -1.90. The molecule has 0 aliphatic carbocycles. The van der Waals surface area contributed by atoms with Crippen molar-refractivity contribution >= 4 is 11.5 Å². The van der Waals surface area contributed by atoms with Crippen molar-refractivity contribution in [2.45, 2.75) is 6.42 Å². The standard InChI is InChI=1S/C12H11FN2/c13-10-5-4-8-12(14-9-10)15-11-6-2-1-3-7-11/h1-7,9H,8H2,(H,14,15). The third-order valence-electron chi connectivity index (χ3n) is 1.99. The molecule has 0 atom stereocenters. The number of para-hydroxylation sites is 1. The van der Waals surface area contributed by atoms with Crippen LogP contribution in [0.1, 0.15) is 6.42 Å². The second-order valence-electron chi connectivity index (χ2n) is 3.19. The Kier molecular flexibility index (Phi) is 2.93. The van der Waals surface area contributed by atoms with Crippen molar-refractivity contribution < 1.29 is 4.39 Å².